The van der Waals surface area contributed by atoms with Crippen LogP contribution in [0.3, 0.4) is 0 Å². The van der Waals surface area contributed by atoms with Gasteiger partial charge in [0.15, 0.2) is 11.9 Å². The van der Waals surface area contributed by atoms with E-state index in [0.29, 0.717) is 11.2 Å². The van der Waals surface area contributed by atoms with Gasteiger partial charge in [-0.25, -0.2) is 14.1 Å². The zero-order valence-corrected chi connectivity index (χ0v) is 29.3. The number of nitrogens with two attached hydrogens (primary N) is 1. The molecule has 6 atom stereocenters. The number of Topliss-reactive ketones (excluding diaryl/α,β-unsaturated/α-hetero) is 1. The maximum Gasteiger partial charge on any atom is 0.459 e. The average molecular weight is 713 g/mol. The first-order valence-corrected chi connectivity index (χ1v) is 17.8. The molecule has 2 aliphatic rings. The molecule has 0 radical (unpaired) electrons. The minimum atomic E-state index is -4.52. The van der Waals surface area contributed by atoms with Gasteiger partial charge in [0.2, 0.25) is 5.60 Å². The van der Waals surface area contributed by atoms with Gasteiger partial charge in [0.1, 0.15) is 54.3 Å². The fraction of sp³-hybridized carbons (Fsp3) is 0.515. The van der Waals surface area contributed by atoms with Crippen LogP contribution in [0.2, 0.25) is 0 Å². The Morgan fingerprint density at radius 2 is 1.80 bits per heavy atom. The molecule has 0 amide bonds. The van der Waals surface area contributed by atoms with Crippen LogP contribution in [0, 0.1) is 29.1 Å². The summed E-state index contributed by atoms with van der Waals surface area (Å²) in [6, 6.07) is 12.3. The Hall–Kier alpha value is -4.39. The van der Waals surface area contributed by atoms with Crippen LogP contribution in [-0.2, 0) is 42.4 Å². The lowest BCUT2D eigenvalue weighted by molar-refractivity contribution is -0.173. The van der Waals surface area contributed by atoms with Crippen LogP contribution in [-0.4, -0.2) is 76.0 Å². The molecule has 0 aliphatic carbocycles. The number of nitrogens with zero attached hydrogens (tertiary/aromatic N) is 4. The fourth-order valence-corrected chi connectivity index (χ4v) is 6.97. The van der Waals surface area contributed by atoms with Gasteiger partial charge in [-0.2, -0.15) is 15.4 Å². The summed E-state index contributed by atoms with van der Waals surface area (Å²) in [4.78, 5) is 43.4. The molecule has 2 saturated heterocycles. The van der Waals surface area contributed by atoms with Gasteiger partial charge in [-0.1, -0.05) is 45.9 Å². The molecule has 3 aromatic rings. The molecule has 1 unspecified atom stereocenters. The number of nitrogens with one attached hydrogen (secondary N) is 1. The molecule has 2 aliphatic heterocycles. The third-order valence-corrected chi connectivity index (χ3v) is 10.00. The first-order chi connectivity index (χ1) is 23.8. The Balaban J connectivity index is 1.54. The number of nitrogen functional groups attached to an aromatic ring is 1. The van der Waals surface area contributed by atoms with E-state index in [0.717, 1.165) is 0 Å². The number of carbonyl (C=O) groups excluding carboxylic acids is 3. The predicted octanol–water partition coefficient (Wildman–Crippen LogP) is 3.57. The van der Waals surface area contributed by atoms with Gasteiger partial charge in [-0.3, -0.25) is 18.9 Å². The van der Waals surface area contributed by atoms with Gasteiger partial charge in [-0.15, -0.1) is 0 Å². The summed E-state index contributed by atoms with van der Waals surface area (Å²) in [5.41, 5.74) is 4.80. The second-order valence-electron chi connectivity index (χ2n) is 12.9. The summed E-state index contributed by atoms with van der Waals surface area (Å²) < 4.78 is 50.6. The Morgan fingerprint density at radius 3 is 2.42 bits per heavy atom. The molecular weight excluding hydrogens is 671 g/mol. The molecule has 2 aromatic heterocycles. The van der Waals surface area contributed by atoms with Crippen molar-refractivity contribution in [3.05, 3.63) is 54.5 Å². The lowest BCUT2D eigenvalue weighted by atomic mass is 9.83. The lowest BCUT2D eigenvalue weighted by Crippen LogP contribution is -2.48. The van der Waals surface area contributed by atoms with E-state index >= 15 is 0 Å². The predicted molar refractivity (Wildman–Crippen MR) is 176 cm³/mol. The standard InChI is InChI=1S/C33H41N6O10P/c1-19(2)27(40)13-24-28(25-11-12-26-30(35)36-18-37-39(25)26)48-33(16-34,29(24)47-31(41)20(3)4)17-45-50(43,49-22-9-7-6-8-10-22)38-21(5)32(42)46-23-14-44-15-23/h6-12,18-21,23-24,28-29H,13-15,17H2,1-5H3,(H,38,43)(H2,35,36,37)/t21-,24-,28+,29-,33+,50?/m0/s1. The number of anilines is 1. The smallest absolute Gasteiger partial charge is 0.457 e. The second kappa shape index (κ2) is 15.2. The van der Waals surface area contributed by atoms with Crippen molar-refractivity contribution in [1.82, 2.24) is 19.7 Å². The Morgan fingerprint density at radius 1 is 1.08 bits per heavy atom. The topological polar surface area (TPSA) is 216 Å². The van der Waals surface area contributed by atoms with E-state index in [-0.39, 0.29) is 37.0 Å². The molecule has 0 saturated carbocycles. The Labute approximate surface area is 289 Å². The van der Waals surface area contributed by atoms with Crippen LogP contribution in [0.4, 0.5) is 5.82 Å². The van der Waals surface area contributed by atoms with Crippen LogP contribution in [0.5, 0.6) is 5.75 Å². The molecule has 1 aromatic carbocycles. The summed E-state index contributed by atoms with van der Waals surface area (Å²) in [7, 11) is -4.52. The number of aromatic nitrogens is 3. The number of para-hydroxylation sites is 1. The quantitative estimate of drug-likeness (QED) is 0.170. The van der Waals surface area contributed by atoms with Crippen molar-refractivity contribution in [2.24, 2.45) is 17.8 Å². The van der Waals surface area contributed by atoms with Crippen molar-refractivity contribution in [2.45, 2.75) is 71.0 Å². The van der Waals surface area contributed by atoms with Crippen LogP contribution < -0.4 is 15.3 Å². The first-order valence-electron chi connectivity index (χ1n) is 16.2. The number of nitriles is 1. The zero-order chi connectivity index (χ0) is 36.2. The third-order valence-electron chi connectivity index (χ3n) is 8.38. The maximum atomic E-state index is 14.4. The van der Waals surface area contributed by atoms with Gasteiger partial charge >= 0.3 is 19.7 Å². The Kier molecular flexibility index (Phi) is 11.2. The second-order valence-corrected chi connectivity index (χ2v) is 14.6. The Bertz CT molecular complexity index is 1790. The van der Waals surface area contributed by atoms with E-state index in [2.05, 4.69) is 21.2 Å². The average Bonchev–Trinajstić information content (AvgIpc) is 3.62. The molecule has 0 bridgehead atoms. The van der Waals surface area contributed by atoms with E-state index in [1.807, 2.05) is 0 Å². The van der Waals surface area contributed by atoms with Gasteiger partial charge in [-0.05, 0) is 31.2 Å². The molecule has 2 fully saturated rings. The number of ketones is 1. The summed E-state index contributed by atoms with van der Waals surface area (Å²) in [6.07, 6.45) is -1.81. The SMILES string of the molecule is CC(C)C(=O)C[C@H]1[C@H](c2ccc3c(N)ncnn23)O[C@](C#N)(COP(=O)(N[C@@H](C)C(=O)OC2COC2)Oc2ccccc2)[C@H]1OC(=O)C(C)C. The number of ether oxygens (including phenoxy) is 4. The minimum Gasteiger partial charge on any atom is -0.457 e. The number of carbonyl (C=O) groups is 3. The van der Waals surface area contributed by atoms with E-state index in [4.69, 9.17) is 33.7 Å². The molecule has 0 spiro atoms. The third kappa shape index (κ3) is 7.98. The van der Waals surface area contributed by atoms with Crippen molar-refractivity contribution >= 4 is 36.8 Å². The molecule has 17 heteroatoms. The molecular formula is C33H41N6O10P. The lowest BCUT2D eigenvalue weighted by Gasteiger charge is -2.32. The van der Waals surface area contributed by atoms with E-state index in [1.165, 1.54) is 29.9 Å². The van der Waals surface area contributed by atoms with Crippen LogP contribution >= 0.6 is 7.75 Å². The monoisotopic (exact) mass is 712 g/mol. The highest BCUT2D eigenvalue weighted by atomic mass is 31.2. The van der Waals surface area contributed by atoms with Gasteiger partial charge in [0, 0.05) is 18.3 Å². The summed E-state index contributed by atoms with van der Waals surface area (Å²) in [6.45, 7) is 7.82. The fourth-order valence-electron chi connectivity index (χ4n) is 5.45. The van der Waals surface area contributed by atoms with Crippen molar-refractivity contribution < 1.29 is 46.9 Å². The van der Waals surface area contributed by atoms with E-state index in [9.17, 15) is 24.2 Å². The highest BCUT2D eigenvalue weighted by Gasteiger charge is 2.60. The van der Waals surface area contributed by atoms with Crippen molar-refractivity contribution in [3.63, 3.8) is 0 Å². The van der Waals surface area contributed by atoms with Crippen molar-refractivity contribution in [1.29, 1.82) is 5.26 Å². The van der Waals surface area contributed by atoms with E-state index in [1.54, 1.807) is 58.0 Å². The van der Waals surface area contributed by atoms with Crippen LogP contribution in [0.15, 0.2) is 48.8 Å². The summed E-state index contributed by atoms with van der Waals surface area (Å²) in [5, 5.41) is 17.7. The number of esters is 2. The summed E-state index contributed by atoms with van der Waals surface area (Å²) in [5.74, 6) is -3.20. The summed E-state index contributed by atoms with van der Waals surface area (Å²) >= 11 is 0. The van der Waals surface area contributed by atoms with Crippen molar-refractivity contribution in [3.8, 4) is 11.8 Å². The first kappa shape index (κ1) is 36.9. The largest absolute Gasteiger partial charge is 0.459 e. The van der Waals surface area contributed by atoms with Crippen molar-refractivity contribution in [2.75, 3.05) is 25.6 Å². The number of fused-ring (bicyclic) bond motifs is 1. The highest BCUT2D eigenvalue weighted by Crippen LogP contribution is 2.52. The molecule has 5 rings (SSSR count). The van der Waals surface area contributed by atoms with Crippen LogP contribution in [0.25, 0.3) is 5.52 Å². The number of hydrogen-bond donors (Lipinski definition) is 2. The number of rotatable bonds is 15. The van der Waals surface area contributed by atoms with E-state index < -0.39 is 74.0 Å². The number of benzene rings is 1. The molecule has 4 heterocycles. The van der Waals surface area contributed by atoms with Gasteiger partial charge in [0.25, 0.3) is 0 Å². The van der Waals surface area contributed by atoms with Gasteiger partial charge in [0.05, 0.1) is 24.8 Å². The molecule has 3 N–H and O–H groups in total. The minimum absolute atomic E-state index is 0.132. The normalized spacial score (nSPS) is 23.9. The molecule has 16 nitrogen and oxygen atoms in total. The highest BCUT2D eigenvalue weighted by molar-refractivity contribution is 7.52. The molecule has 268 valence electrons. The van der Waals surface area contributed by atoms with Gasteiger partial charge < -0.3 is 29.2 Å². The zero-order valence-electron chi connectivity index (χ0n) is 28.4. The number of hydrogen-bond acceptors (Lipinski definition) is 14. The molecule has 50 heavy (non-hydrogen) atoms. The maximum absolute atomic E-state index is 14.4. The van der Waals surface area contributed by atoms with Crippen LogP contribution in [0.1, 0.15) is 52.8 Å².